The minimum Gasteiger partial charge on any atom is -0.481 e. The smallest absolute Gasteiger partial charge is 0.449 e. The summed E-state index contributed by atoms with van der Waals surface area (Å²) in [6.45, 7) is 4.30. The van der Waals surface area contributed by atoms with Crippen LogP contribution in [0.3, 0.4) is 0 Å². The van der Waals surface area contributed by atoms with Crippen LogP contribution in [0.2, 0.25) is 0 Å². The van der Waals surface area contributed by atoms with Gasteiger partial charge >= 0.3 is 12.1 Å². The van der Waals surface area contributed by atoms with E-state index >= 15 is 0 Å². The number of rotatable bonds is 9. The number of fused-ring (bicyclic) bond motifs is 1. The van der Waals surface area contributed by atoms with Gasteiger partial charge in [0.25, 0.3) is 0 Å². The number of halogens is 3. The lowest BCUT2D eigenvalue weighted by molar-refractivity contribution is -0.153. The first kappa shape index (κ1) is 28.5. The minimum absolute atomic E-state index is 0.167. The van der Waals surface area contributed by atoms with E-state index in [0.29, 0.717) is 6.54 Å². The molecule has 41 heavy (non-hydrogen) atoms. The van der Waals surface area contributed by atoms with Gasteiger partial charge in [0, 0.05) is 11.4 Å². The SMILES string of the molecule is Cc1ccc2ccccc2c1SN(Cc1ccc(-c2cccc(C(C)C(=O)O)c2)cc1)Cc1ccc(C(F)(F)F)o1. The lowest BCUT2D eigenvalue weighted by atomic mass is 9.96. The van der Waals surface area contributed by atoms with Gasteiger partial charge in [-0.05, 0) is 76.5 Å². The maximum Gasteiger partial charge on any atom is 0.449 e. The third-order valence-electron chi connectivity index (χ3n) is 6.97. The fourth-order valence-electron chi connectivity index (χ4n) is 4.65. The van der Waals surface area contributed by atoms with Crippen LogP contribution in [0, 0.1) is 6.92 Å². The Morgan fingerprint density at radius 2 is 1.66 bits per heavy atom. The van der Waals surface area contributed by atoms with Crippen LogP contribution in [0.15, 0.2) is 106 Å². The van der Waals surface area contributed by atoms with E-state index in [1.807, 2.05) is 84.0 Å². The van der Waals surface area contributed by atoms with Crippen LogP contribution in [0.1, 0.15) is 41.1 Å². The number of carboxylic acids is 1. The lowest BCUT2D eigenvalue weighted by Crippen LogP contribution is -2.15. The third-order valence-corrected chi connectivity index (χ3v) is 8.21. The molecule has 0 bridgehead atoms. The zero-order chi connectivity index (χ0) is 29.1. The monoisotopic (exact) mass is 575 g/mol. The summed E-state index contributed by atoms with van der Waals surface area (Å²) < 4.78 is 46.8. The summed E-state index contributed by atoms with van der Waals surface area (Å²) in [5.41, 5.74) is 4.62. The highest BCUT2D eigenvalue weighted by molar-refractivity contribution is 7.97. The van der Waals surface area contributed by atoms with Gasteiger partial charge in [-0.3, -0.25) is 4.79 Å². The summed E-state index contributed by atoms with van der Waals surface area (Å²) in [5.74, 6) is -2.28. The first-order chi connectivity index (χ1) is 19.6. The molecule has 0 spiro atoms. The average Bonchev–Trinajstić information content (AvgIpc) is 3.44. The first-order valence-electron chi connectivity index (χ1n) is 13.1. The topological polar surface area (TPSA) is 53.7 Å². The Balaban J connectivity index is 1.43. The van der Waals surface area contributed by atoms with Crippen LogP contribution in [0.5, 0.6) is 0 Å². The Morgan fingerprint density at radius 3 is 2.37 bits per heavy atom. The van der Waals surface area contributed by atoms with Gasteiger partial charge in [-0.15, -0.1) is 0 Å². The molecule has 4 aromatic carbocycles. The van der Waals surface area contributed by atoms with Crippen LogP contribution in [-0.4, -0.2) is 15.4 Å². The van der Waals surface area contributed by atoms with Gasteiger partial charge in [-0.25, -0.2) is 4.31 Å². The van der Waals surface area contributed by atoms with Crippen molar-refractivity contribution in [3.63, 3.8) is 0 Å². The molecule has 0 radical (unpaired) electrons. The molecule has 0 amide bonds. The maximum atomic E-state index is 13.2. The minimum atomic E-state index is -4.54. The van der Waals surface area contributed by atoms with Crippen molar-refractivity contribution >= 4 is 28.7 Å². The second kappa shape index (κ2) is 11.8. The Morgan fingerprint density at radius 1 is 0.902 bits per heavy atom. The van der Waals surface area contributed by atoms with Gasteiger partial charge < -0.3 is 9.52 Å². The van der Waals surface area contributed by atoms with Gasteiger partial charge in [0.2, 0.25) is 5.76 Å². The largest absolute Gasteiger partial charge is 0.481 e. The quantitative estimate of drug-likeness (QED) is 0.178. The Labute approximate surface area is 240 Å². The number of aryl methyl sites for hydroxylation is 1. The van der Waals surface area contributed by atoms with Gasteiger partial charge in [-0.1, -0.05) is 84.9 Å². The molecule has 210 valence electrons. The zero-order valence-electron chi connectivity index (χ0n) is 22.5. The number of carboxylic acid groups (broad SMARTS) is 1. The molecule has 0 aliphatic carbocycles. The van der Waals surface area contributed by atoms with Crippen molar-refractivity contribution in [3.8, 4) is 11.1 Å². The van der Waals surface area contributed by atoms with E-state index in [1.165, 1.54) is 18.0 Å². The van der Waals surface area contributed by atoms with Crippen LogP contribution in [0.4, 0.5) is 13.2 Å². The molecule has 8 heteroatoms. The number of hydrogen-bond acceptors (Lipinski definition) is 4. The molecule has 0 aliphatic rings. The number of furan rings is 1. The zero-order valence-corrected chi connectivity index (χ0v) is 23.3. The van der Waals surface area contributed by atoms with E-state index in [0.717, 1.165) is 49.6 Å². The molecule has 0 saturated carbocycles. The van der Waals surface area contributed by atoms with Crippen molar-refractivity contribution in [2.75, 3.05) is 0 Å². The highest BCUT2D eigenvalue weighted by atomic mass is 32.2. The standard InChI is InChI=1S/C33H28F3NO3S/c1-21-10-13-25-6-3-4-9-29(25)31(21)41-37(20-28-16-17-30(40-28)33(34,35)36)19-23-11-14-24(15-12-23)27-8-5-7-26(18-27)22(2)32(38)39/h3-18,22H,19-20H2,1-2H3,(H,38,39). The van der Waals surface area contributed by atoms with Gasteiger partial charge in [0.15, 0.2) is 0 Å². The molecule has 1 aromatic heterocycles. The summed E-state index contributed by atoms with van der Waals surface area (Å²) in [4.78, 5) is 12.5. The molecule has 1 atom stereocenters. The van der Waals surface area contributed by atoms with Crippen molar-refractivity contribution in [2.24, 2.45) is 0 Å². The average molecular weight is 576 g/mol. The molecule has 0 saturated heterocycles. The number of carbonyl (C=O) groups is 1. The number of aliphatic carboxylic acids is 1. The van der Waals surface area contributed by atoms with Crippen molar-refractivity contribution in [1.82, 2.24) is 4.31 Å². The molecule has 1 heterocycles. The number of alkyl halides is 3. The maximum absolute atomic E-state index is 13.2. The Hall–Kier alpha value is -4.01. The molecule has 4 nitrogen and oxygen atoms in total. The van der Waals surface area contributed by atoms with Gasteiger partial charge in [0.05, 0.1) is 12.5 Å². The van der Waals surface area contributed by atoms with Crippen LogP contribution in [-0.2, 0) is 24.1 Å². The summed E-state index contributed by atoms with van der Waals surface area (Å²) in [6.07, 6.45) is -4.54. The fourth-order valence-corrected chi connectivity index (χ4v) is 5.81. The summed E-state index contributed by atoms with van der Waals surface area (Å²) in [6, 6.07) is 29.9. The fraction of sp³-hybridized carbons (Fsp3) is 0.182. The van der Waals surface area contributed by atoms with E-state index in [-0.39, 0.29) is 12.3 Å². The second-order valence-corrected chi connectivity index (χ2v) is 11.1. The number of hydrogen-bond donors (Lipinski definition) is 1. The summed E-state index contributed by atoms with van der Waals surface area (Å²) in [5, 5.41) is 11.5. The number of benzene rings is 4. The highest BCUT2D eigenvalue weighted by Crippen LogP contribution is 2.37. The molecule has 0 fully saturated rings. The van der Waals surface area contributed by atoms with Crippen molar-refractivity contribution in [1.29, 1.82) is 0 Å². The van der Waals surface area contributed by atoms with E-state index in [9.17, 15) is 23.1 Å². The Bertz CT molecular complexity index is 1680. The van der Waals surface area contributed by atoms with Crippen molar-refractivity contribution < 1.29 is 27.5 Å². The second-order valence-electron chi connectivity index (χ2n) is 9.97. The Kier molecular flexibility index (Phi) is 8.24. The van der Waals surface area contributed by atoms with Crippen LogP contribution >= 0.6 is 11.9 Å². The highest BCUT2D eigenvalue weighted by Gasteiger charge is 2.35. The molecule has 1 N–H and O–H groups in total. The lowest BCUT2D eigenvalue weighted by Gasteiger charge is -2.22. The predicted molar refractivity (Wildman–Crippen MR) is 155 cm³/mol. The molecule has 0 aliphatic heterocycles. The van der Waals surface area contributed by atoms with Gasteiger partial charge in [0.1, 0.15) is 5.76 Å². The normalized spacial score (nSPS) is 12.6. The molecule has 1 unspecified atom stereocenters. The van der Waals surface area contributed by atoms with Crippen molar-refractivity contribution in [3.05, 3.63) is 125 Å². The summed E-state index contributed by atoms with van der Waals surface area (Å²) >= 11 is 1.50. The number of nitrogens with zero attached hydrogens (tertiary/aromatic N) is 1. The predicted octanol–water partition coefficient (Wildman–Crippen LogP) is 9.32. The van der Waals surface area contributed by atoms with E-state index in [2.05, 4.69) is 6.07 Å². The van der Waals surface area contributed by atoms with Crippen LogP contribution in [0.25, 0.3) is 21.9 Å². The van der Waals surface area contributed by atoms with Crippen molar-refractivity contribution in [2.45, 2.75) is 43.9 Å². The van der Waals surface area contributed by atoms with E-state index < -0.39 is 23.8 Å². The molecular formula is C33H28F3NO3S. The van der Waals surface area contributed by atoms with Gasteiger partial charge in [-0.2, -0.15) is 13.2 Å². The molecular weight excluding hydrogens is 547 g/mol. The van der Waals surface area contributed by atoms with Crippen LogP contribution < -0.4 is 0 Å². The molecule has 5 aromatic rings. The van der Waals surface area contributed by atoms with E-state index in [1.54, 1.807) is 13.0 Å². The van der Waals surface area contributed by atoms with E-state index in [4.69, 9.17) is 4.42 Å². The summed E-state index contributed by atoms with van der Waals surface area (Å²) in [7, 11) is 0. The third kappa shape index (κ3) is 6.66. The first-order valence-corrected chi connectivity index (χ1v) is 13.8. The molecule has 5 rings (SSSR count).